The summed E-state index contributed by atoms with van der Waals surface area (Å²) in [5.74, 6) is 7.70. The van der Waals surface area contributed by atoms with Gasteiger partial charge in [-0.15, -0.1) is 0 Å². The molecule has 0 radical (unpaired) electrons. The van der Waals surface area contributed by atoms with Gasteiger partial charge in [0.05, 0.1) is 0 Å². The van der Waals surface area contributed by atoms with E-state index in [4.69, 9.17) is 5.73 Å². The van der Waals surface area contributed by atoms with E-state index in [1.807, 2.05) is 0 Å². The van der Waals surface area contributed by atoms with Gasteiger partial charge in [0.2, 0.25) is 0 Å². The van der Waals surface area contributed by atoms with E-state index in [1.54, 1.807) is 0 Å². The predicted molar refractivity (Wildman–Crippen MR) is 118 cm³/mol. The first kappa shape index (κ1) is 24.0. The fourth-order valence-corrected chi connectivity index (χ4v) is 5.51. The van der Waals surface area contributed by atoms with Crippen molar-refractivity contribution in [1.82, 2.24) is 0 Å². The van der Waals surface area contributed by atoms with Crippen molar-refractivity contribution in [2.24, 2.45) is 64.9 Å². The molecule has 1 nitrogen and oxygen atoms in total. The van der Waals surface area contributed by atoms with Crippen LogP contribution in [0.3, 0.4) is 0 Å². The van der Waals surface area contributed by atoms with Crippen molar-refractivity contribution in [2.45, 2.75) is 101 Å². The number of nitrogens with two attached hydrogens (primary N) is 1. The molecule has 0 aromatic carbocycles. The normalized spacial score (nSPS) is 50.7. The maximum absolute atomic E-state index is 6.64. The van der Waals surface area contributed by atoms with Crippen LogP contribution in [0.15, 0.2) is 0 Å². The molecular formula is C25H51N. The van der Waals surface area contributed by atoms with E-state index >= 15 is 0 Å². The second-order valence-corrected chi connectivity index (χ2v) is 10.9. The molecule has 1 fully saturated rings. The first-order valence-corrected chi connectivity index (χ1v) is 11.7. The highest BCUT2D eigenvalue weighted by Gasteiger charge is 2.32. The molecule has 0 aromatic heterocycles. The van der Waals surface area contributed by atoms with Gasteiger partial charge in [-0.25, -0.2) is 0 Å². The topological polar surface area (TPSA) is 26.0 Å². The van der Waals surface area contributed by atoms with E-state index in [0.717, 1.165) is 53.3 Å². The molecule has 11 atom stereocenters. The number of rotatable bonds is 0. The van der Waals surface area contributed by atoms with E-state index in [9.17, 15) is 0 Å². The molecule has 26 heavy (non-hydrogen) atoms. The van der Waals surface area contributed by atoms with Crippen molar-refractivity contribution in [3.63, 3.8) is 0 Å². The SMILES string of the molecule is CC1CCC(N)C(C)C(C)CC(C)C(C)C(C)C(C)C(C)CC(C)C1C. The molecule has 0 aliphatic heterocycles. The largest absolute Gasteiger partial charge is 0.327 e. The molecular weight excluding hydrogens is 314 g/mol. The van der Waals surface area contributed by atoms with Crippen LogP contribution in [-0.4, -0.2) is 6.04 Å². The summed E-state index contributed by atoms with van der Waals surface area (Å²) < 4.78 is 0. The molecule has 11 unspecified atom stereocenters. The summed E-state index contributed by atoms with van der Waals surface area (Å²) >= 11 is 0. The Hall–Kier alpha value is -0.0400. The molecule has 0 spiro atoms. The first-order chi connectivity index (χ1) is 12.0. The van der Waals surface area contributed by atoms with Gasteiger partial charge >= 0.3 is 0 Å². The quantitative estimate of drug-likeness (QED) is 0.480. The summed E-state index contributed by atoms with van der Waals surface area (Å²) in [6, 6.07) is 0.359. The predicted octanol–water partition coefficient (Wildman–Crippen LogP) is 7.25. The molecule has 0 saturated heterocycles. The summed E-state index contributed by atoms with van der Waals surface area (Å²) in [5, 5.41) is 0. The van der Waals surface area contributed by atoms with Crippen LogP contribution in [0.25, 0.3) is 0 Å². The highest BCUT2D eigenvalue weighted by Crippen LogP contribution is 2.39. The van der Waals surface area contributed by atoms with Crippen molar-refractivity contribution in [2.75, 3.05) is 0 Å². The molecule has 156 valence electrons. The minimum Gasteiger partial charge on any atom is -0.327 e. The number of hydrogen-bond donors (Lipinski definition) is 1. The average molecular weight is 366 g/mol. The van der Waals surface area contributed by atoms with Gasteiger partial charge in [0.15, 0.2) is 0 Å². The molecule has 1 rings (SSSR count). The van der Waals surface area contributed by atoms with Crippen molar-refractivity contribution >= 4 is 0 Å². The smallest absolute Gasteiger partial charge is 0.00671 e. The Morgan fingerprint density at radius 2 is 0.808 bits per heavy atom. The van der Waals surface area contributed by atoms with Gasteiger partial charge in [0, 0.05) is 6.04 Å². The Bertz CT molecular complexity index is 356. The van der Waals surface area contributed by atoms with Gasteiger partial charge < -0.3 is 5.73 Å². The number of hydrogen-bond acceptors (Lipinski definition) is 1. The lowest BCUT2D eigenvalue weighted by molar-refractivity contribution is 0.127. The maximum Gasteiger partial charge on any atom is 0.00671 e. The highest BCUT2D eigenvalue weighted by molar-refractivity contribution is 4.83. The Morgan fingerprint density at radius 1 is 0.423 bits per heavy atom. The third-order valence-electron chi connectivity index (χ3n) is 9.26. The second-order valence-electron chi connectivity index (χ2n) is 10.9. The van der Waals surface area contributed by atoms with Gasteiger partial charge in [-0.2, -0.15) is 0 Å². The van der Waals surface area contributed by atoms with Crippen LogP contribution in [0, 0.1) is 59.2 Å². The molecule has 0 heterocycles. The van der Waals surface area contributed by atoms with Crippen LogP contribution in [0.1, 0.15) is 94.9 Å². The van der Waals surface area contributed by atoms with Gasteiger partial charge in [-0.1, -0.05) is 69.2 Å². The highest BCUT2D eigenvalue weighted by atomic mass is 14.6. The lowest BCUT2D eigenvalue weighted by Gasteiger charge is -2.37. The summed E-state index contributed by atoms with van der Waals surface area (Å²) in [6.07, 6.45) is 5.17. The van der Waals surface area contributed by atoms with Crippen LogP contribution < -0.4 is 5.73 Å². The van der Waals surface area contributed by atoms with Gasteiger partial charge in [-0.3, -0.25) is 0 Å². The summed E-state index contributed by atoms with van der Waals surface area (Å²) in [7, 11) is 0. The van der Waals surface area contributed by atoms with Crippen LogP contribution >= 0.6 is 0 Å². The van der Waals surface area contributed by atoms with Crippen molar-refractivity contribution in [1.29, 1.82) is 0 Å². The van der Waals surface area contributed by atoms with Crippen molar-refractivity contribution < 1.29 is 0 Å². The maximum atomic E-state index is 6.64. The molecule has 0 amide bonds. The van der Waals surface area contributed by atoms with E-state index < -0.39 is 0 Å². The fourth-order valence-electron chi connectivity index (χ4n) is 5.51. The third-order valence-corrected chi connectivity index (χ3v) is 9.26. The van der Waals surface area contributed by atoms with Crippen LogP contribution in [0.2, 0.25) is 0 Å². The van der Waals surface area contributed by atoms with Crippen molar-refractivity contribution in [3.8, 4) is 0 Å². The van der Waals surface area contributed by atoms with E-state index in [1.165, 1.54) is 25.7 Å². The van der Waals surface area contributed by atoms with Gasteiger partial charge in [-0.05, 0) is 84.9 Å². The second kappa shape index (κ2) is 10.5. The Kier molecular flexibility index (Phi) is 9.68. The lowest BCUT2D eigenvalue weighted by Crippen LogP contribution is -2.34. The molecule has 0 aromatic rings. The zero-order chi connectivity index (χ0) is 20.2. The minimum absolute atomic E-state index is 0.359. The lowest BCUT2D eigenvalue weighted by atomic mass is 9.69. The van der Waals surface area contributed by atoms with Crippen LogP contribution in [0.4, 0.5) is 0 Å². The molecule has 1 heteroatoms. The van der Waals surface area contributed by atoms with E-state index in [-0.39, 0.29) is 0 Å². The first-order valence-electron chi connectivity index (χ1n) is 11.7. The molecule has 1 aliphatic carbocycles. The van der Waals surface area contributed by atoms with Crippen LogP contribution in [0.5, 0.6) is 0 Å². The van der Waals surface area contributed by atoms with E-state index in [0.29, 0.717) is 12.0 Å². The van der Waals surface area contributed by atoms with Crippen LogP contribution in [-0.2, 0) is 0 Å². The van der Waals surface area contributed by atoms with Crippen molar-refractivity contribution in [3.05, 3.63) is 0 Å². The third kappa shape index (κ3) is 6.25. The minimum atomic E-state index is 0.359. The summed E-state index contributed by atoms with van der Waals surface area (Å²) in [4.78, 5) is 0. The Labute approximate surface area is 166 Å². The zero-order valence-corrected chi connectivity index (χ0v) is 19.8. The fraction of sp³-hybridized carbons (Fsp3) is 1.00. The summed E-state index contributed by atoms with van der Waals surface area (Å²) in [5.41, 5.74) is 6.64. The van der Waals surface area contributed by atoms with Gasteiger partial charge in [0.1, 0.15) is 0 Å². The molecule has 0 bridgehead atoms. The molecule has 1 saturated carbocycles. The van der Waals surface area contributed by atoms with E-state index in [2.05, 4.69) is 69.2 Å². The Morgan fingerprint density at radius 3 is 1.27 bits per heavy atom. The standard InChI is InChI=1S/C25H51N/c1-15-11-12-25(26)23(9)19(5)14-18(4)22(8)24(10)21(7)17(3)13-16(2)20(15)6/h15-25H,11-14,26H2,1-10H3. The summed E-state index contributed by atoms with van der Waals surface area (Å²) in [6.45, 7) is 24.8. The molecule has 2 N–H and O–H groups in total. The average Bonchev–Trinajstić information content (AvgIpc) is 2.61. The Balaban J connectivity index is 3.01. The zero-order valence-electron chi connectivity index (χ0n) is 19.8. The van der Waals surface area contributed by atoms with Gasteiger partial charge in [0.25, 0.3) is 0 Å². The monoisotopic (exact) mass is 365 g/mol. The molecule has 1 aliphatic rings.